The second-order valence-electron chi connectivity index (χ2n) is 4.99. The van der Waals surface area contributed by atoms with Gasteiger partial charge in [0.1, 0.15) is 11.6 Å². The topological polar surface area (TPSA) is 75.1 Å². The molecule has 0 aromatic carbocycles. The fourth-order valence-electron chi connectivity index (χ4n) is 1.78. The zero-order valence-corrected chi connectivity index (χ0v) is 15.4. The fraction of sp³-hybridized carbons (Fsp3) is 0.769. The van der Waals surface area contributed by atoms with Crippen molar-refractivity contribution in [2.75, 3.05) is 33.2 Å². The molecule has 0 radical (unpaired) electrons. The fourth-order valence-corrected chi connectivity index (χ4v) is 1.78. The summed E-state index contributed by atoms with van der Waals surface area (Å²) in [6.07, 6.45) is 1.10. The molecule has 0 unspecified atom stereocenters. The van der Waals surface area contributed by atoms with E-state index >= 15 is 0 Å². The van der Waals surface area contributed by atoms with E-state index in [4.69, 9.17) is 0 Å². The number of amides is 1. The number of nitrogens with zero attached hydrogens (tertiary/aromatic N) is 4. The van der Waals surface area contributed by atoms with Crippen molar-refractivity contribution in [1.29, 1.82) is 0 Å². The number of likely N-dealkylation sites (N-methyl/N-ethyl adjacent to an activating group) is 1. The van der Waals surface area contributed by atoms with Crippen LogP contribution in [-0.2, 0) is 18.4 Å². The second-order valence-corrected chi connectivity index (χ2v) is 4.99. The van der Waals surface area contributed by atoms with Gasteiger partial charge in [-0.3, -0.25) is 9.69 Å². The van der Waals surface area contributed by atoms with Crippen LogP contribution in [0.2, 0.25) is 0 Å². The molecule has 22 heavy (non-hydrogen) atoms. The first-order valence-electron chi connectivity index (χ1n) is 7.05. The number of hydrogen-bond donors (Lipinski definition) is 2. The molecular formula is C13H28Cl2N6O. The van der Waals surface area contributed by atoms with Crippen LogP contribution in [0.5, 0.6) is 0 Å². The van der Waals surface area contributed by atoms with Crippen LogP contribution in [0.15, 0.2) is 0 Å². The molecule has 0 bridgehead atoms. The predicted octanol–water partition coefficient (Wildman–Crippen LogP) is 0.515. The Bertz CT molecular complexity index is 427. The van der Waals surface area contributed by atoms with Crippen LogP contribution in [-0.4, -0.2) is 58.8 Å². The molecule has 1 aromatic heterocycles. The molecule has 1 heterocycles. The lowest BCUT2D eigenvalue weighted by Gasteiger charge is -2.15. The van der Waals surface area contributed by atoms with Crippen molar-refractivity contribution in [1.82, 2.24) is 30.3 Å². The maximum absolute atomic E-state index is 11.7. The number of aryl methyl sites for hydroxylation is 1. The van der Waals surface area contributed by atoms with Gasteiger partial charge >= 0.3 is 0 Å². The van der Waals surface area contributed by atoms with Crippen molar-refractivity contribution in [3.05, 3.63) is 11.6 Å². The summed E-state index contributed by atoms with van der Waals surface area (Å²) in [4.78, 5) is 13.7. The van der Waals surface area contributed by atoms with E-state index in [0.717, 1.165) is 31.2 Å². The average Bonchev–Trinajstić information content (AvgIpc) is 2.70. The number of hydrogen-bond acceptors (Lipinski definition) is 5. The lowest BCUT2D eigenvalue weighted by molar-refractivity contribution is -0.122. The molecule has 0 saturated carbocycles. The molecule has 7 nitrogen and oxygen atoms in total. The first kappa shape index (κ1) is 23.4. The highest BCUT2D eigenvalue weighted by atomic mass is 35.5. The van der Waals surface area contributed by atoms with Crippen LogP contribution in [0, 0.1) is 6.92 Å². The monoisotopic (exact) mass is 354 g/mol. The van der Waals surface area contributed by atoms with Gasteiger partial charge in [-0.15, -0.1) is 35.0 Å². The zero-order chi connectivity index (χ0) is 15.0. The molecule has 2 N–H and O–H groups in total. The standard InChI is InChI=1S/C13H26N6O.2ClH/c1-5-6-14-7-8-15-13(20)10-18(3)9-12-17-16-11(2)19(12)4;;/h14H,5-10H2,1-4H3,(H,15,20);2*1H. The van der Waals surface area contributed by atoms with Gasteiger partial charge in [-0.1, -0.05) is 6.92 Å². The third-order valence-corrected chi connectivity index (χ3v) is 3.06. The van der Waals surface area contributed by atoms with Gasteiger partial charge in [0.25, 0.3) is 0 Å². The number of aromatic nitrogens is 3. The highest BCUT2D eigenvalue weighted by molar-refractivity contribution is 5.85. The first-order valence-corrected chi connectivity index (χ1v) is 7.05. The van der Waals surface area contributed by atoms with E-state index in [1.165, 1.54) is 0 Å². The summed E-state index contributed by atoms with van der Waals surface area (Å²) in [6, 6.07) is 0. The van der Waals surface area contributed by atoms with E-state index in [1.807, 2.05) is 30.5 Å². The van der Waals surface area contributed by atoms with E-state index in [0.29, 0.717) is 19.6 Å². The number of nitrogens with one attached hydrogen (secondary N) is 2. The summed E-state index contributed by atoms with van der Waals surface area (Å²) < 4.78 is 1.93. The van der Waals surface area contributed by atoms with Crippen LogP contribution < -0.4 is 10.6 Å². The van der Waals surface area contributed by atoms with E-state index in [-0.39, 0.29) is 30.7 Å². The number of carbonyl (C=O) groups excluding carboxylic acids is 1. The molecule has 130 valence electrons. The van der Waals surface area contributed by atoms with Crippen LogP contribution in [0.25, 0.3) is 0 Å². The van der Waals surface area contributed by atoms with E-state index in [9.17, 15) is 4.79 Å². The molecule has 1 rings (SSSR count). The van der Waals surface area contributed by atoms with Gasteiger partial charge in [-0.25, -0.2) is 0 Å². The Morgan fingerprint density at radius 3 is 2.45 bits per heavy atom. The minimum atomic E-state index is 0. The van der Waals surface area contributed by atoms with Gasteiger partial charge in [0.2, 0.25) is 5.91 Å². The summed E-state index contributed by atoms with van der Waals surface area (Å²) in [5.74, 6) is 1.77. The Balaban J connectivity index is 0. The van der Waals surface area contributed by atoms with Gasteiger partial charge < -0.3 is 15.2 Å². The number of halogens is 2. The average molecular weight is 355 g/mol. The van der Waals surface area contributed by atoms with Crippen LogP contribution in [0.4, 0.5) is 0 Å². The zero-order valence-electron chi connectivity index (χ0n) is 13.8. The largest absolute Gasteiger partial charge is 0.354 e. The SMILES string of the molecule is CCCNCCNC(=O)CN(C)Cc1nnc(C)n1C.Cl.Cl. The molecule has 0 aliphatic rings. The van der Waals surface area contributed by atoms with Crippen molar-refractivity contribution in [3.8, 4) is 0 Å². The molecule has 0 spiro atoms. The van der Waals surface area contributed by atoms with E-state index in [2.05, 4.69) is 27.8 Å². The Hall–Kier alpha value is -0.890. The highest BCUT2D eigenvalue weighted by Crippen LogP contribution is 2.00. The quantitative estimate of drug-likeness (QED) is 0.632. The molecule has 0 fully saturated rings. The van der Waals surface area contributed by atoms with Crippen molar-refractivity contribution in [2.24, 2.45) is 7.05 Å². The molecule has 1 amide bonds. The third-order valence-electron chi connectivity index (χ3n) is 3.06. The summed E-state index contributed by atoms with van der Waals surface area (Å²) in [7, 11) is 3.83. The Kier molecular flexibility index (Phi) is 13.4. The van der Waals surface area contributed by atoms with Crippen molar-refractivity contribution in [3.63, 3.8) is 0 Å². The third kappa shape index (κ3) is 8.53. The van der Waals surface area contributed by atoms with Crippen LogP contribution in [0.3, 0.4) is 0 Å². The lowest BCUT2D eigenvalue weighted by atomic mass is 10.4. The first-order chi connectivity index (χ1) is 9.54. The summed E-state index contributed by atoms with van der Waals surface area (Å²) >= 11 is 0. The van der Waals surface area contributed by atoms with E-state index in [1.54, 1.807) is 0 Å². The molecule has 0 aliphatic carbocycles. The van der Waals surface area contributed by atoms with Crippen molar-refractivity contribution < 1.29 is 4.79 Å². The Labute approximate surface area is 145 Å². The Morgan fingerprint density at radius 1 is 1.23 bits per heavy atom. The summed E-state index contributed by atoms with van der Waals surface area (Å²) in [5, 5.41) is 14.2. The van der Waals surface area contributed by atoms with E-state index < -0.39 is 0 Å². The molecule has 9 heteroatoms. The van der Waals surface area contributed by atoms with Gasteiger partial charge in [0.15, 0.2) is 0 Å². The maximum atomic E-state index is 11.7. The predicted molar refractivity (Wildman–Crippen MR) is 92.7 cm³/mol. The number of rotatable bonds is 9. The minimum Gasteiger partial charge on any atom is -0.354 e. The molecule has 0 atom stereocenters. The number of carbonyl (C=O) groups is 1. The second kappa shape index (κ2) is 12.6. The molecule has 1 aromatic rings. The van der Waals surface area contributed by atoms with Crippen LogP contribution in [0.1, 0.15) is 25.0 Å². The molecule has 0 saturated heterocycles. The van der Waals surface area contributed by atoms with Crippen LogP contribution >= 0.6 is 24.8 Å². The minimum absolute atomic E-state index is 0. The van der Waals surface area contributed by atoms with Gasteiger partial charge in [-0.2, -0.15) is 0 Å². The molecular weight excluding hydrogens is 327 g/mol. The normalized spacial score (nSPS) is 10.0. The highest BCUT2D eigenvalue weighted by Gasteiger charge is 2.11. The summed E-state index contributed by atoms with van der Waals surface area (Å²) in [5.41, 5.74) is 0. The van der Waals surface area contributed by atoms with Gasteiger partial charge in [0, 0.05) is 20.1 Å². The Morgan fingerprint density at radius 2 is 1.91 bits per heavy atom. The van der Waals surface area contributed by atoms with Crippen molar-refractivity contribution >= 4 is 30.7 Å². The maximum Gasteiger partial charge on any atom is 0.234 e. The lowest BCUT2D eigenvalue weighted by Crippen LogP contribution is -2.38. The smallest absolute Gasteiger partial charge is 0.234 e. The van der Waals surface area contributed by atoms with Gasteiger partial charge in [0.05, 0.1) is 13.1 Å². The molecule has 0 aliphatic heterocycles. The van der Waals surface area contributed by atoms with Gasteiger partial charge in [-0.05, 0) is 26.9 Å². The summed E-state index contributed by atoms with van der Waals surface area (Å²) in [6.45, 7) is 7.46. The van der Waals surface area contributed by atoms with Crippen molar-refractivity contribution in [2.45, 2.75) is 26.8 Å².